The van der Waals surface area contributed by atoms with Gasteiger partial charge in [0.05, 0.1) is 28.5 Å². The van der Waals surface area contributed by atoms with E-state index in [0.717, 1.165) is 0 Å². The molecule has 1 amide bonds. The molecule has 0 saturated heterocycles. The van der Waals surface area contributed by atoms with Gasteiger partial charge in [0, 0.05) is 5.38 Å². The van der Waals surface area contributed by atoms with Gasteiger partial charge in [0.2, 0.25) is 5.91 Å². The van der Waals surface area contributed by atoms with Gasteiger partial charge < -0.3 is 11.1 Å². The lowest BCUT2D eigenvalue weighted by molar-refractivity contribution is -0.115. The third-order valence-electron chi connectivity index (χ3n) is 2.79. The number of benzene rings is 1. The number of carbonyl (C=O) groups is 1. The largest absolute Gasteiger partial charge is 0.375 e. The number of amides is 1. The van der Waals surface area contributed by atoms with Gasteiger partial charge in [0.25, 0.3) is 0 Å². The first-order chi connectivity index (χ1) is 9.92. The highest BCUT2D eigenvalue weighted by atomic mass is 32.2. The van der Waals surface area contributed by atoms with Crippen LogP contribution < -0.4 is 11.1 Å². The molecule has 2 aromatic rings. The molecule has 1 aromatic heterocycles. The summed E-state index contributed by atoms with van der Waals surface area (Å²) in [6.07, 6.45) is 0.0498. The first-order valence-corrected chi connectivity index (χ1v) is 8.77. The lowest BCUT2D eigenvalue weighted by atomic mass is 10.3. The van der Waals surface area contributed by atoms with Crippen LogP contribution in [0.2, 0.25) is 0 Å². The van der Waals surface area contributed by atoms with Gasteiger partial charge in [-0.1, -0.05) is 19.1 Å². The Balaban J connectivity index is 2.18. The van der Waals surface area contributed by atoms with Crippen molar-refractivity contribution in [3.05, 3.63) is 35.3 Å². The molecule has 0 aliphatic rings. The summed E-state index contributed by atoms with van der Waals surface area (Å²) in [4.78, 5) is 16.1. The van der Waals surface area contributed by atoms with E-state index in [9.17, 15) is 13.2 Å². The van der Waals surface area contributed by atoms with Gasteiger partial charge in [-0.25, -0.2) is 13.4 Å². The number of carbonyl (C=O) groups excluding carboxylic acids is 1. The molecule has 1 heterocycles. The molecule has 0 radical (unpaired) electrons. The van der Waals surface area contributed by atoms with Crippen molar-refractivity contribution in [2.24, 2.45) is 0 Å². The number of aromatic nitrogens is 1. The third kappa shape index (κ3) is 3.79. The molecule has 21 heavy (non-hydrogen) atoms. The highest BCUT2D eigenvalue weighted by molar-refractivity contribution is 7.91. The van der Waals surface area contributed by atoms with Gasteiger partial charge in [0.1, 0.15) is 0 Å². The van der Waals surface area contributed by atoms with Crippen molar-refractivity contribution in [2.75, 3.05) is 16.8 Å². The summed E-state index contributed by atoms with van der Waals surface area (Å²) >= 11 is 1.25. The first-order valence-electron chi connectivity index (χ1n) is 6.24. The van der Waals surface area contributed by atoms with Crippen molar-refractivity contribution in [3.63, 3.8) is 0 Å². The second-order valence-corrected chi connectivity index (χ2v) is 7.44. The molecule has 3 N–H and O–H groups in total. The summed E-state index contributed by atoms with van der Waals surface area (Å²) in [5.41, 5.74) is 6.35. The minimum Gasteiger partial charge on any atom is -0.375 e. The molecule has 112 valence electrons. The minimum absolute atomic E-state index is 0.0253. The van der Waals surface area contributed by atoms with Gasteiger partial charge in [-0.15, -0.1) is 11.3 Å². The van der Waals surface area contributed by atoms with Gasteiger partial charge >= 0.3 is 0 Å². The zero-order valence-electron chi connectivity index (χ0n) is 11.4. The van der Waals surface area contributed by atoms with Crippen LogP contribution in [-0.4, -0.2) is 25.1 Å². The highest BCUT2D eigenvalue weighted by Crippen LogP contribution is 2.22. The van der Waals surface area contributed by atoms with Crippen LogP contribution in [0.25, 0.3) is 0 Å². The van der Waals surface area contributed by atoms with Crippen molar-refractivity contribution < 1.29 is 13.2 Å². The number of rotatable bonds is 5. The van der Waals surface area contributed by atoms with Crippen LogP contribution >= 0.6 is 11.3 Å². The molecular formula is C13H15N3O3S2. The number of nitrogen functional groups attached to an aromatic ring is 1. The van der Waals surface area contributed by atoms with Gasteiger partial charge in [-0.3, -0.25) is 4.79 Å². The smallest absolute Gasteiger partial charge is 0.230 e. The summed E-state index contributed by atoms with van der Waals surface area (Å²) in [5.74, 6) is -0.360. The second-order valence-electron chi connectivity index (χ2n) is 4.30. The lowest BCUT2D eigenvalue weighted by Crippen LogP contribution is -2.17. The summed E-state index contributed by atoms with van der Waals surface area (Å²) in [5, 5.41) is 4.71. The molecule has 0 spiro atoms. The number of anilines is 2. The Morgan fingerprint density at radius 1 is 1.38 bits per heavy atom. The van der Waals surface area contributed by atoms with Crippen LogP contribution in [0.3, 0.4) is 0 Å². The van der Waals surface area contributed by atoms with Crippen molar-refractivity contribution in [2.45, 2.75) is 18.2 Å². The van der Waals surface area contributed by atoms with Crippen molar-refractivity contribution in [3.8, 4) is 0 Å². The quantitative estimate of drug-likeness (QED) is 0.871. The predicted octanol–water partition coefficient (Wildman–Crippen LogP) is 1.70. The van der Waals surface area contributed by atoms with E-state index >= 15 is 0 Å². The van der Waals surface area contributed by atoms with Crippen LogP contribution in [0.5, 0.6) is 0 Å². The molecule has 1 aromatic carbocycles. The molecular weight excluding hydrogens is 310 g/mol. The number of para-hydroxylation sites is 1. The van der Waals surface area contributed by atoms with E-state index in [4.69, 9.17) is 5.73 Å². The van der Waals surface area contributed by atoms with Crippen LogP contribution in [0.1, 0.15) is 12.6 Å². The molecule has 0 aliphatic carbocycles. The van der Waals surface area contributed by atoms with Crippen LogP contribution in [-0.2, 0) is 21.1 Å². The fraction of sp³-hybridized carbons (Fsp3) is 0.231. The fourth-order valence-corrected chi connectivity index (χ4v) is 3.37. The third-order valence-corrected chi connectivity index (χ3v) is 5.30. The standard InChI is InChI=1S/C13H15N3O3S2/c1-2-21(18,19)11-6-4-3-5-10(11)16-12(17)7-9-8-20-13(14)15-9/h3-6,8H,2,7H2,1H3,(H2,14,15)(H,16,17). The maximum Gasteiger partial charge on any atom is 0.230 e. The van der Waals surface area contributed by atoms with E-state index in [2.05, 4.69) is 10.3 Å². The zero-order valence-corrected chi connectivity index (χ0v) is 13.0. The van der Waals surface area contributed by atoms with E-state index in [-0.39, 0.29) is 28.7 Å². The van der Waals surface area contributed by atoms with E-state index in [1.165, 1.54) is 17.4 Å². The Hall–Kier alpha value is -1.93. The average Bonchev–Trinajstić information content (AvgIpc) is 2.84. The fourth-order valence-electron chi connectivity index (χ4n) is 1.76. The van der Waals surface area contributed by atoms with Crippen LogP contribution in [0, 0.1) is 0 Å². The Morgan fingerprint density at radius 2 is 2.10 bits per heavy atom. The van der Waals surface area contributed by atoms with Gasteiger partial charge in [-0.2, -0.15) is 0 Å². The molecule has 0 fully saturated rings. The number of hydrogen-bond donors (Lipinski definition) is 2. The lowest BCUT2D eigenvalue weighted by Gasteiger charge is -2.10. The SMILES string of the molecule is CCS(=O)(=O)c1ccccc1NC(=O)Cc1csc(N)n1. The van der Waals surface area contributed by atoms with Crippen molar-refractivity contribution in [1.82, 2.24) is 4.98 Å². The molecule has 2 rings (SSSR count). The summed E-state index contributed by atoms with van der Waals surface area (Å²) < 4.78 is 24.0. The minimum atomic E-state index is -3.39. The van der Waals surface area contributed by atoms with Crippen molar-refractivity contribution >= 4 is 37.9 Å². The van der Waals surface area contributed by atoms with Crippen LogP contribution in [0.4, 0.5) is 10.8 Å². The second kappa shape index (κ2) is 6.23. The first kappa shape index (κ1) is 15.5. The zero-order chi connectivity index (χ0) is 15.5. The highest BCUT2D eigenvalue weighted by Gasteiger charge is 2.17. The molecule has 6 nitrogen and oxygen atoms in total. The Kier molecular flexibility index (Phi) is 4.59. The molecule has 0 bridgehead atoms. The number of hydrogen-bond acceptors (Lipinski definition) is 6. The van der Waals surface area contributed by atoms with Gasteiger partial charge in [-0.05, 0) is 12.1 Å². The molecule has 0 unspecified atom stereocenters. The Morgan fingerprint density at radius 3 is 2.71 bits per heavy atom. The predicted molar refractivity (Wildman–Crippen MR) is 83.0 cm³/mol. The van der Waals surface area contributed by atoms with E-state index in [0.29, 0.717) is 10.8 Å². The topological polar surface area (TPSA) is 102 Å². The van der Waals surface area contributed by atoms with E-state index in [1.807, 2.05) is 0 Å². The monoisotopic (exact) mass is 325 g/mol. The van der Waals surface area contributed by atoms with E-state index in [1.54, 1.807) is 30.5 Å². The Bertz CT molecular complexity index is 754. The Labute approximate surface area is 126 Å². The average molecular weight is 325 g/mol. The number of nitrogens with zero attached hydrogens (tertiary/aromatic N) is 1. The maximum absolute atomic E-state index is 12.0. The summed E-state index contributed by atoms with van der Waals surface area (Å²) in [6.45, 7) is 1.56. The number of nitrogens with one attached hydrogen (secondary N) is 1. The normalized spacial score (nSPS) is 11.3. The number of thiazole rings is 1. The van der Waals surface area contributed by atoms with Gasteiger partial charge in [0.15, 0.2) is 15.0 Å². The molecule has 0 atom stereocenters. The molecule has 8 heteroatoms. The number of nitrogens with two attached hydrogens (primary N) is 1. The molecule has 0 aliphatic heterocycles. The van der Waals surface area contributed by atoms with E-state index < -0.39 is 9.84 Å². The van der Waals surface area contributed by atoms with Crippen LogP contribution in [0.15, 0.2) is 34.5 Å². The summed E-state index contributed by atoms with van der Waals surface area (Å²) in [7, 11) is -3.39. The van der Waals surface area contributed by atoms with Crippen molar-refractivity contribution in [1.29, 1.82) is 0 Å². The summed E-state index contributed by atoms with van der Waals surface area (Å²) in [6, 6.07) is 6.34. The maximum atomic E-state index is 12.0. The molecule has 0 saturated carbocycles. The number of sulfone groups is 1.